The van der Waals surface area contributed by atoms with E-state index < -0.39 is 0 Å². The third kappa shape index (κ3) is 2.99. The van der Waals surface area contributed by atoms with Crippen molar-refractivity contribution < 1.29 is 9.53 Å². The number of rotatable bonds is 4. The normalized spacial score (nSPS) is 19.5. The van der Waals surface area contributed by atoms with Gasteiger partial charge in [-0.15, -0.1) is 0 Å². The SMILES string of the molecule is CCN1CCCC(Cc2ncc3ccc(C(=O)OC)cn23)C1. The van der Waals surface area contributed by atoms with Crippen molar-refractivity contribution in [2.45, 2.75) is 26.2 Å². The second-order valence-electron chi connectivity index (χ2n) is 5.98. The standard InChI is InChI=1S/C17H23N3O2/c1-3-19-8-4-5-13(11-19)9-16-18-10-15-7-6-14(12-20(15)16)17(21)22-2/h6-7,10,12-13H,3-5,8-9,11H2,1-2H3. The molecule has 1 aliphatic rings. The van der Waals surface area contributed by atoms with Crippen molar-refractivity contribution in [3.63, 3.8) is 0 Å². The van der Waals surface area contributed by atoms with E-state index in [2.05, 4.69) is 16.8 Å². The van der Waals surface area contributed by atoms with Gasteiger partial charge in [-0.2, -0.15) is 0 Å². The third-order valence-electron chi connectivity index (χ3n) is 4.55. The van der Waals surface area contributed by atoms with Gasteiger partial charge in [0.2, 0.25) is 0 Å². The molecule has 0 bridgehead atoms. The van der Waals surface area contributed by atoms with Crippen LogP contribution in [0, 0.1) is 5.92 Å². The summed E-state index contributed by atoms with van der Waals surface area (Å²) in [6, 6.07) is 3.70. The lowest BCUT2D eigenvalue weighted by molar-refractivity contribution is 0.0600. The summed E-state index contributed by atoms with van der Waals surface area (Å²) in [7, 11) is 1.41. The monoisotopic (exact) mass is 301 g/mol. The summed E-state index contributed by atoms with van der Waals surface area (Å²) in [6.07, 6.45) is 7.17. The lowest BCUT2D eigenvalue weighted by atomic mass is 9.94. The number of esters is 1. The number of fused-ring (bicyclic) bond motifs is 1. The zero-order chi connectivity index (χ0) is 15.5. The van der Waals surface area contributed by atoms with Crippen molar-refractivity contribution in [2.75, 3.05) is 26.7 Å². The summed E-state index contributed by atoms with van der Waals surface area (Å²) in [5.74, 6) is 1.36. The first-order valence-corrected chi connectivity index (χ1v) is 7.98. The van der Waals surface area contributed by atoms with Crippen LogP contribution in [-0.4, -0.2) is 47.0 Å². The highest BCUT2D eigenvalue weighted by molar-refractivity contribution is 5.89. The van der Waals surface area contributed by atoms with Crippen LogP contribution < -0.4 is 0 Å². The number of aromatic nitrogens is 2. The van der Waals surface area contributed by atoms with Gasteiger partial charge in [0.05, 0.1) is 24.4 Å². The Morgan fingerprint density at radius 2 is 2.32 bits per heavy atom. The summed E-state index contributed by atoms with van der Waals surface area (Å²) in [6.45, 7) is 5.69. The van der Waals surface area contributed by atoms with E-state index in [9.17, 15) is 4.79 Å². The second kappa shape index (κ2) is 6.48. The Bertz CT molecular complexity index is 665. The van der Waals surface area contributed by atoms with Gasteiger partial charge in [-0.25, -0.2) is 9.78 Å². The fourth-order valence-corrected chi connectivity index (χ4v) is 3.30. The van der Waals surface area contributed by atoms with E-state index in [0.717, 1.165) is 30.9 Å². The fourth-order valence-electron chi connectivity index (χ4n) is 3.30. The Morgan fingerprint density at radius 3 is 3.09 bits per heavy atom. The second-order valence-corrected chi connectivity index (χ2v) is 5.98. The van der Waals surface area contributed by atoms with Gasteiger partial charge in [0.15, 0.2) is 0 Å². The molecule has 5 nitrogen and oxygen atoms in total. The molecule has 0 aliphatic carbocycles. The van der Waals surface area contributed by atoms with Crippen LogP contribution in [-0.2, 0) is 11.2 Å². The molecule has 0 N–H and O–H groups in total. The van der Waals surface area contributed by atoms with E-state index >= 15 is 0 Å². The number of imidazole rings is 1. The maximum Gasteiger partial charge on any atom is 0.339 e. The average molecular weight is 301 g/mol. The quantitative estimate of drug-likeness (QED) is 0.814. The molecule has 5 heteroatoms. The van der Waals surface area contributed by atoms with Crippen LogP contribution in [0.1, 0.15) is 35.9 Å². The van der Waals surface area contributed by atoms with Gasteiger partial charge in [0, 0.05) is 19.2 Å². The molecular weight excluding hydrogens is 278 g/mol. The Morgan fingerprint density at radius 1 is 1.45 bits per heavy atom. The van der Waals surface area contributed by atoms with E-state index in [1.807, 2.05) is 22.9 Å². The molecule has 1 atom stereocenters. The van der Waals surface area contributed by atoms with Gasteiger partial charge >= 0.3 is 5.97 Å². The van der Waals surface area contributed by atoms with Crippen LogP contribution in [0.5, 0.6) is 0 Å². The lowest BCUT2D eigenvalue weighted by Crippen LogP contribution is -2.36. The number of ether oxygens (including phenoxy) is 1. The number of hydrogen-bond donors (Lipinski definition) is 0. The van der Waals surface area contributed by atoms with Gasteiger partial charge in [-0.3, -0.25) is 0 Å². The van der Waals surface area contributed by atoms with E-state index in [1.165, 1.54) is 26.5 Å². The minimum absolute atomic E-state index is 0.309. The Balaban J connectivity index is 1.82. The third-order valence-corrected chi connectivity index (χ3v) is 4.55. The summed E-state index contributed by atoms with van der Waals surface area (Å²) in [5, 5.41) is 0. The molecule has 0 spiro atoms. The van der Waals surface area contributed by atoms with Gasteiger partial charge in [-0.05, 0) is 44.0 Å². The molecule has 0 radical (unpaired) electrons. The molecule has 1 saturated heterocycles. The molecule has 3 rings (SSSR count). The van der Waals surface area contributed by atoms with Crippen molar-refractivity contribution in [1.29, 1.82) is 0 Å². The highest BCUT2D eigenvalue weighted by Gasteiger charge is 2.21. The van der Waals surface area contributed by atoms with Crippen LogP contribution in [0.4, 0.5) is 0 Å². The number of carbonyl (C=O) groups is 1. The Labute approximate surface area is 130 Å². The smallest absolute Gasteiger partial charge is 0.339 e. The molecule has 0 amide bonds. The minimum Gasteiger partial charge on any atom is -0.465 e. The minimum atomic E-state index is -0.309. The van der Waals surface area contributed by atoms with Crippen molar-refractivity contribution >= 4 is 11.5 Å². The molecule has 1 unspecified atom stereocenters. The predicted octanol–water partition coefficient (Wildman–Crippen LogP) is 2.40. The highest BCUT2D eigenvalue weighted by Crippen LogP contribution is 2.21. The van der Waals surface area contributed by atoms with Crippen LogP contribution in [0.3, 0.4) is 0 Å². The molecule has 2 aromatic rings. The molecule has 1 aliphatic heterocycles. The summed E-state index contributed by atoms with van der Waals surface area (Å²) < 4.78 is 6.83. The predicted molar refractivity (Wildman–Crippen MR) is 85.1 cm³/mol. The first-order valence-electron chi connectivity index (χ1n) is 7.98. The number of methoxy groups -OCH3 is 1. The van der Waals surface area contributed by atoms with Gasteiger partial charge in [0.1, 0.15) is 5.82 Å². The number of likely N-dealkylation sites (tertiary alicyclic amines) is 1. The van der Waals surface area contributed by atoms with Gasteiger partial charge in [0.25, 0.3) is 0 Å². The van der Waals surface area contributed by atoms with E-state index in [4.69, 9.17) is 4.74 Å². The molecular formula is C17H23N3O2. The van der Waals surface area contributed by atoms with Crippen molar-refractivity contribution in [1.82, 2.24) is 14.3 Å². The maximum absolute atomic E-state index is 11.7. The van der Waals surface area contributed by atoms with Crippen LogP contribution in [0.25, 0.3) is 5.52 Å². The molecule has 3 heterocycles. The summed E-state index contributed by atoms with van der Waals surface area (Å²) >= 11 is 0. The van der Waals surface area contributed by atoms with E-state index in [-0.39, 0.29) is 5.97 Å². The Kier molecular flexibility index (Phi) is 4.43. The first kappa shape index (κ1) is 15.0. The summed E-state index contributed by atoms with van der Waals surface area (Å²) in [5.41, 5.74) is 1.58. The highest BCUT2D eigenvalue weighted by atomic mass is 16.5. The van der Waals surface area contributed by atoms with Crippen LogP contribution >= 0.6 is 0 Å². The number of piperidine rings is 1. The van der Waals surface area contributed by atoms with Crippen molar-refractivity contribution in [2.24, 2.45) is 5.92 Å². The number of nitrogens with zero attached hydrogens (tertiary/aromatic N) is 3. The number of pyridine rings is 1. The first-order chi connectivity index (χ1) is 10.7. The maximum atomic E-state index is 11.7. The van der Waals surface area contributed by atoms with Gasteiger partial charge < -0.3 is 14.0 Å². The van der Waals surface area contributed by atoms with Crippen molar-refractivity contribution in [3.05, 3.63) is 35.9 Å². The average Bonchev–Trinajstić information content (AvgIpc) is 2.96. The number of hydrogen-bond acceptors (Lipinski definition) is 4. The van der Waals surface area contributed by atoms with E-state index in [0.29, 0.717) is 11.5 Å². The van der Waals surface area contributed by atoms with Gasteiger partial charge in [-0.1, -0.05) is 6.92 Å². The molecule has 0 saturated carbocycles. The molecule has 0 aromatic carbocycles. The molecule has 22 heavy (non-hydrogen) atoms. The molecule has 118 valence electrons. The fraction of sp³-hybridized carbons (Fsp3) is 0.529. The zero-order valence-corrected chi connectivity index (χ0v) is 13.3. The Hall–Kier alpha value is -1.88. The van der Waals surface area contributed by atoms with E-state index in [1.54, 1.807) is 6.07 Å². The van der Waals surface area contributed by atoms with Crippen molar-refractivity contribution in [3.8, 4) is 0 Å². The molecule has 2 aromatic heterocycles. The zero-order valence-electron chi connectivity index (χ0n) is 13.3. The topological polar surface area (TPSA) is 46.8 Å². The van der Waals surface area contributed by atoms with Crippen LogP contribution in [0.2, 0.25) is 0 Å². The lowest BCUT2D eigenvalue weighted by Gasteiger charge is -2.31. The van der Waals surface area contributed by atoms with Crippen LogP contribution in [0.15, 0.2) is 24.5 Å². The molecule has 1 fully saturated rings. The largest absolute Gasteiger partial charge is 0.465 e. The number of carbonyl (C=O) groups excluding carboxylic acids is 1. The summed E-state index contributed by atoms with van der Waals surface area (Å²) in [4.78, 5) is 18.8.